The van der Waals surface area contributed by atoms with Crippen molar-refractivity contribution >= 4 is 38.9 Å². The lowest BCUT2D eigenvalue weighted by Crippen LogP contribution is -2.15. The van der Waals surface area contributed by atoms with Gasteiger partial charge in [-0.3, -0.25) is 9.52 Å². The van der Waals surface area contributed by atoms with Crippen LogP contribution in [-0.4, -0.2) is 28.5 Å². The smallest absolute Gasteiger partial charge is 0.261 e. The molecule has 2 N–H and O–H groups in total. The molecule has 0 heterocycles. The van der Waals surface area contributed by atoms with Crippen LogP contribution in [0, 0.1) is 0 Å². The number of nitrogens with one attached hydrogen (secondary N) is 2. The minimum absolute atomic E-state index is 0.0347. The standard InChI is InChI=1S/C21H19ClN2O5S/c1-28-16-6-4-15(5-7-16)23-21(25)14-3-12-19(22)20(13-14)24-30(26,27)18-10-8-17(29-2)9-11-18/h3-13,24H,1-2H3,(H,23,25). The van der Waals surface area contributed by atoms with E-state index in [1.54, 1.807) is 31.4 Å². The summed E-state index contributed by atoms with van der Waals surface area (Å²) in [5.74, 6) is 0.778. The predicted octanol–water partition coefficient (Wildman–Crippen LogP) is 4.41. The molecular weight excluding hydrogens is 428 g/mol. The molecule has 0 aliphatic carbocycles. The lowest BCUT2D eigenvalue weighted by molar-refractivity contribution is 0.102. The van der Waals surface area contributed by atoms with Crippen LogP contribution in [-0.2, 0) is 10.0 Å². The van der Waals surface area contributed by atoms with Gasteiger partial charge in [-0.25, -0.2) is 8.42 Å². The van der Waals surface area contributed by atoms with E-state index in [-0.39, 0.29) is 21.2 Å². The maximum atomic E-state index is 12.7. The Labute approximate surface area is 179 Å². The van der Waals surface area contributed by atoms with E-state index in [0.717, 1.165) is 0 Å². The zero-order valence-electron chi connectivity index (χ0n) is 16.2. The van der Waals surface area contributed by atoms with Gasteiger partial charge in [-0.05, 0) is 66.7 Å². The fourth-order valence-electron chi connectivity index (χ4n) is 2.58. The number of ether oxygens (including phenoxy) is 2. The van der Waals surface area contributed by atoms with Crippen LogP contribution >= 0.6 is 11.6 Å². The third-order valence-electron chi connectivity index (χ3n) is 4.19. The maximum Gasteiger partial charge on any atom is 0.261 e. The Morgan fingerprint density at radius 1 is 0.867 bits per heavy atom. The minimum Gasteiger partial charge on any atom is -0.497 e. The van der Waals surface area contributed by atoms with Crippen LogP contribution in [0.25, 0.3) is 0 Å². The Bertz CT molecular complexity index is 1150. The molecule has 0 radical (unpaired) electrons. The molecule has 0 aromatic heterocycles. The highest BCUT2D eigenvalue weighted by atomic mass is 35.5. The normalized spacial score (nSPS) is 10.9. The number of anilines is 2. The first-order valence-electron chi connectivity index (χ1n) is 8.74. The number of carbonyl (C=O) groups is 1. The van der Waals surface area contributed by atoms with Crippen LogP contribution < -0.4 is 19.5 Å². The molecule has 3 aromatic rings. The van der Waals surface area contributed by atoms with Gasteiger partial charge in [0, 0.05) is 11.3 Å². The molecule has 7 nitrogen and oxygen atoms in total. The number of methoxy groups -OCH3 is 2. The van der Waals surface area contributed by atoms with Gasteiger partial charge in [0.2, 0.25) is 0 Å². The summed E-state index contributed by atoms with van der Waals surface area (Å²) in [5.41, 5.74) is 0.897. The number of amides is 1. The van der Waals surface area contributed by atoms with Crippen LogP contribution in [0.3, 0.4) is 0 Å². The molecule has 3 aromatic carbocycles. The van der Waals surface area contributed by atoms with Crippen molar-refractivity contribution in [3.8, 4) is 11.5 Å². The van der Waals surface area contributed by atoms with Gasteiger partial charge in [0.15, 0.2) is 0 Å². The van der Waals surface area contributed by atoms with Crippen LogP contribution in [0.5, 0.6) is 11.5 Å². The second-order valence-corrected chi connectivity index (χ2v) is 8.25. The summed E-state index contributed by atoms with van der Waals surface area (Å²) >= 11 is 6.14. The highest BCUT2D eigenvalue weighted by Gasteiger charge is 2.17. The summed E-state index contributed by atoms with van der Waals surface area (Å²) < 4.78 is 37.9. The molecule has 1 amide bonds. The van der Waals surface area contributed by atoms with Crippen LogP contribution in [0.2, 0.25) is 5.02 Å². The first kappa shape index (κ1) is 21.5. The van der Waals surface area contributed by atoms with Gasteiger partial charge in [0.05, 0.1) is 29.8 Å². The largest absolute Gasteiger partial charge is 0.497 e. The van der Waals surface area contributed by atoms with Crippen molar-refractivity contribution in [1.29, 1.82) is 0 Å². The summed E-state index contributed by atoms with van der Waals surface area (Å²) in [6, 6.07) is 17.1. The van der Waals surface area contributed by atoms with Crippen molar-refractivity contribution in [3.05, 3.63) is 77.3 Å². The fraction of sp³-hybridized carbons (Fsp3) is 0.0952. The van der Waals surface area contributed by atoms with Crippen molar-refractivity contribution in [2.45, 2.75) is 4.90 Å². The van der Waals surface area contributed by atoms with Gasteiger partial charge in [-0.2, -0.15) is 0 Å². The zero-order chi connectivity index (χ0) is 21.7. The van der Waals surface area contributed by atoms with E-state index < -0.39 is 15.9 Å². The monoisotopic (exact) mass is 446 g/mol. The Balaban J connectivity index is 1.80. The lowest BCUT2D eigenvalue weighted by Gasteiger charge is -2.12. The Morgan fingerprint density at radius 3 is 2.00 bits per heavy atom. The number of carbonyl (C=O) groups excluding carboxylic acids is 1. The van der Waals surface area contributed by atoms with E-state index in [2.05, 4.69) is 10.0 Å². The van der Waals surface area contributed by atoms with Crippen molar-refractivity contribution in [3.63, 3.8) is 0 Å². The van der Waals surface area contributed by atoms with Crippen molar-refractivity contribution in [2.24, 2.45) is 0 Å². The van der Waals surface area contributed by atoms with Gasteiger partial charge < -0.3 is 14.8 Å². The van der Waals surface area contributed by atoms with E-state index in [9.17, 15) is 13.2 Å². The van der Waals surface area contributed by atoms with E-state index in [0.29, 0.717) is 17.2 Å². The number of sulfonamides is 1. The summed E-state index contributed by atoms with van der Waals surface area (Å²) in [7, 11) is -0.864. The maximum absolute atomic E-state index is 12.7. The van der Waals surface area contributed by atoms with Crippen LogP contribution in [0.15, 0.2) is 71.6 Å². The SMILES string of the molecule is COc1ccc(NC(=O)c2ccc(Cl)c(NS(=O)(=O)c3ccc(OC)cc3)c2)cc1. The number of rotatable bonds is 7. The van der Waals surface area contributed by atoms with E-state index in [1.165, 1.54) is 49.6 Å². The van der Waals surface area contributed by atoms with Crippen molar-refractivity contribution in [1.82, 2.24) is 0 Å². The van der Waals surface area contributed by atoms with Crippen molar-refractivity contribution < 1.29 is 22.7 Å². The average Bonchev–Trinajstić information content (AvgIpc) is 2.75. The Kier molecular flexibility index (Phi) is 6.49. The molecule has 0 fully saturated rings. The molecule has 0 bridgehead atoms. The second kappa shape index (κ2) is 9.06. The lowest BCUT2D eigenvalue weighted by atomic mass is 10.2. The van der Waals surface area contributed by atoms with Gasteiger partial charge in [0.1, 0.15) is 11.5 Å². The fourth-order valence-corrected chi connectivity index (χ4v) is 3.87. The molecule has 156 valence electrons. The van der Waals surface area contributed by atoms with E-state index in [4.69, 9.17) is 21.1 Å². The van der Waals surface area contributed by atoms with Crippen LogP contribution in [0.4, 0.5) is 11.4 Å². The average molecular weight is 447 g/mol. The van der Waals surface area contributed by atoms with E-state index >= 15 is 0 Å². The van der Waals surface area contributed by atoms with Gasteiger partial charge in [-0.15, -0.1) is 0 Å². The quantitative estimate of drug-likeness (QED) is 0.560. The minimum atomic E-state index is -3.91. The number of hydrogen-bond acceptors (Lipinski definition) is 5. The number of benzene rings is 3. The van der Waals surface area contributed by atoms with E-state index in [1.807, 2.05) is 0 Å². The first-order chi connectivity index (χ1) is 14.3. The van der Waals surface area contributed by atoms with Crippen molar-refractivity contribution in [2.75, 3.05) is 24.3 Å². The molecule has 0 unspecified atom stereocenters. The highest BCUT2D eigenvalue weighted by molar-refractivity contribution is 7.92. The summed E-state index contributed by atoms with van der Waals surface area (Å²) in [6.07, 6.45) is 0. The molecule has 3 rings (SSSR count). The number of halogens is 1. The van der Waals surface area contributed by atoms with Gasteiger partial charge >= 0.3 is 0 Å². The summed E-state index contributed by atoms with van der Waals surface area (Å²) in [5, 5.41) is 2.89. The van der Waals surface area contributed by atoms with Gasteiger partial charge in [0.25, 0.3) is 15.9 Å². The first-order valence-corrected chi connectivity index (χ1v) is 10.6. The topological polar surface area (TPSA) is 93.7 Å². The molecule has 0 saturated carbocycles. The molecule has 30 heavy (non-hydrogen) atoms. The molecule has 0 atom stereocenters. The molecule has 0 saturated heterocycles. The molecule has 0 aliphatic rings. The molecule has 0 aliphatic heterocycles. The Morgan fingerprint density at radius 2 is 1.43 bits per heavy atom. The third kappa shape index (κ3) is 5.03. The second-order valence-electron chi connectivity index (χ2n) is 6.16. The molecule has 9 heteroatoms. The predicted molar refractivity (Wildman–Crippen MR) is 116 cm³/mol. The summed E-state index contributed by atoms with van der Waals surface area (Å²) in [4.78, 5) is 12.6. The van der Waals surface area contributed by atoms with Crippen LogP contribution in [0.1, 0.15) is 10.4 Å². The summed E-state index contributed by atoms with van der Waals surface area (Å²) in [6.45, 7) is 0. The molecule has 0 spiro atoms. The van der Waals surface area contributed by atoms with Gasteiger partial charge in [-0.1, -0.05) is 11.6 Å². The highest BCUT2D eigenvalue weighted by Crippen LogP contribution is 2.27. The Hall–Kier alpha value is -3.23. The third-order valence-corrected chi connectivity index (χ3v) is 5.90. The number of hydrogen-bond donors (Lipinski definition) is 2. The molecular formula is C21H19ClN2O5S. The zero-order valence-corrected chi connectivity index (χ0v) is 17.8.